The molecule has 0 saturated carbocycles. The molecule has 3 rings (SSSR count). The molecule has 0 aliphatic carbocycles. The van der Waals surface area contributed by atoms with E-state index in [9.17, 15) is 9.59 Å². The van der Waals surface area contributed by atoms with Crippen LogP contribution in [0.3, 0.4) is 0 Å². The van der Waals surface area contributed by atoms with Gasteiger partial charge in [-0.3, -0.25) is 9.59 Å². The predicted molar refractivity (Wildman–Crippen MR) is 87.1 cm³/mol. The van der Waals surface area contributed by atoms with Crippen molar-refractivity contribution in [2.24, 2.45) is 0 Å². The smallest absolute Gasteiger partial charge is 0.237 e. The lowest BCUT2D eigenvalue weighted by Gasteiger charge is -2.27. The van der Waals surface area contributed by atoms with E-state index in [-0.39, 0.29) is 11.8 Å². The second-order valence-electron chi connectivity index (χ2n) is 5.12. The van der Waals surface area contributed by atoms with E-state index < -0.39 is 0 Å². The maximum absolute atomic E-state index is 12.1. The Balaban J connectivity index is 1.48. The molecule has 3 heterocycles. The number of hydrogen-bond acceptors (Lipinski definition) is 5. The number of pyridine rings is 1. The van der Waals surface area contributed by atoms with Gasteiger partial charge in [0, 0.05) is 19.2 Å². The molecule has 7 heteroatoms. The normalized spacial score (nSPS) is 13.7. The minimum Gasteiger partial charge on any atom is -0.467 e. The fourth-order valence-corrected chi connectivity index (χ4v) is 3.25. The molecule has 120 valence electrons. The average molecular weight is 331 g/mol. The molecule has 0 saturated heterocycles. The lowest BCUT2D eigenvalue weighted by Crippen LogP contribution is -2.37. The number of furan rings is 1. The summed E-state index contributed by atoms with van der Waals surface area (Å²) >= 11 is 1.45. The number of aromatic nitrogens is 1. The highest BCUT2D eigenvalue weighted by atomic mass is 32.2. The van der Waals surface area contributed by atoms with E-state index in [1.807, 2.05) is 18.2 Å². The van der Waals surface area contributed by atoms with Crippen molar-refractivity contribution in [3.63, 3.8) is 0 Å². The molecule has 2 aromatic heterocycles. The van der Waals surface area contributed by atoms with Crippen molar-refractivity contribution in [1.29, 1.82) is 0 Å². The average Bonchev–Trinajstić information content (AvgIpc) is 3.08. The number of carbonyl (C=O) groups is 2. The van der Waals surface area contributed by atoms with Crippen molar-refractivity contribution in [1.82, 2.24) is 10.3 Å². The summed E-state index contributed by atoms with van der Waals surface area (Å²) in [6.45, 7) is 0.907. The largest absolute Gasteiger partial charge is 0.467 e. The second kappa shape index (κ2) is 7.32. The molecule has 0 bridgehead atoms. The number of nitrogens with zero attached hydrogens (tertiary/aromatic N) is 2. The summed E-state index contributed by atoms with van der Waals surface area (Å²) in [7, 11) is 0. The van der Waals surface area contributed by atoms with Gasteiger partial charge in [0.1, 0.15) is 10.8 Å². The number of carbonyl (C=O) groups excluding carboxylic acids is 2. The number of rotatable bonds is 6. The quantitative estimate of drug-likeness (QED) is 0.878. The summed E-state index contributed by atoms with van der Waals surface area (Å²) in [5.74, 6) is 1.13. The van der Waals surface area contributed by atoms with Crippen LogP contribution >= 0.6 is 11.8 Å². The lowest BCUT2D eigenvalue weighted by atomic mass is 10.2. The van der Waals surface area contributed by atoms with Crippen LogP contribution in [0.1, 0.15) is 18.6 Å². The Labute approximate surface area is 138 Å². The highest BCUT2D eigenvalue weighted by Crippen LogP contribution is 2.33. The lowest BCUT2D eigenvalue weighted by molar-refractivity contribution is -0.121. The fourth-order valence-electron chi connectivity index (χ4n) is 2.37. The van der Waals surface area contributed by atoms with E-state index >= 15 is 0 Å². The molecule has 1 aliphatic rings. The van der Waals surface area contributed by atoms with Gasteiger partial charge in [0.05, 0.1) is 24.2 Å². The number of thioether (sulfide) groups is 1. The fraction of sp³-hybridized carbons (Fsp3) is 0.312. The Morgan fingerprint density at radius 2 is 2.30 bits per heavy atom. The van der Waals surface area contributed by atoms with Gasteiger partial charge in [-0.15, -0.1) is 0 Å². The predicted octanol–water partition coefficient (Wildman–Crippen LogP) is 2.21. The van der Waals surface area contributed by atoms with Crippen molar-refractivity contribution in [3.8, 4) is 0 Å². The van der Waals surface area contributed by atoms with Gasteiger partial charge in [-0.1, -0.05) is 11.8 Å². The molecule has 0 atom stereocenters. The second-order valence-corrected chi connectivity index (χ2v) is 6.09. The molecule has 0 aromatic carbocycles. The summed E-state index contributed by atoms with van der Waals surface area (Å²) < 4.78 is 5.16. The monoisotopic (exact) mass is 331 g/mol. The Bertz CT molecular complexity index is 688. The maximum atomic E-state index is 12.1. The molecule has 0 radical (unpaired) electrons. The van der Waals surface area contributed by atoms with Crippen molar-refractivity contribution in [3.05, 3.63) is 42.5 Å². The molecule has 1 N–H and O–H groups in total. The first-order valence-electron chi connectivity index (χ1n) is 7.41. The first kappa shape index (κ1) is 15.6. The van der Waals surface area contributed by atoms with Gasteiger partial charge >= 0.3 is 0 Å². The van der Waals surface area contributed by atoms with Crippen LogP contribution < -0.4 is 10.2 Å². The molecule has 0 unspecified atom stereocenters. The van der Waals surface area contributed by atoms with Gasteiger partial charge in [0.25, 0.3) is 0 Å². The van der Waals surface area contributed by atoms with Crippen molar-refractivity contribution >= 4 is 29.3 Å². The molecular formula is C16H17N3O3S. The summed E-state index contributed by atoms with van der Waals surface area (Å²) in [5.41, 5.74) is 0.838. The molecule has 0 spiro atoms. The molecule has 2 amide bonds. The van der Waals surface area contributed by atoms with E-state index in [2.05, 4.69) is 10.3 Å². The van der Waals surface area contributed by atoms with Crippen molar-refractivity contribution in [2.75, 3.05) is 17.2 Å². The summed E-state index contributed by atoms with van der Waals surface area (Å²) in [5, 5.41) is 3.67. The number of nitrogens with one attached hydrogen (secondary N) is 1. The summed E-state index contributed by atoms with van der Waals surface area (Å²) in [6, 6.07) is 7.31. The van der Waals surface area contributed by atoms with Gasteiger partial charge in [-0.05, 0) is 30.7 Å². The van der Waals surface area contributed by atoms with Gasteiger partial charge in [-0.2, -0.15) is 0 Å². The molecular weight excluding hydrogens is 314 g/mol. The van der Waals surface area contributed by atoms with Gasteiger partial charge in [-0.25, -0.2) is 4.98 Å². The van der Waals surface area contributed by atoms with Crippen LogP contribution in [0.25, 0.3) is 0 Å². The number of hydrogen-bond donors (Lipinski definition) is 1. The van der Waals surface area contributed by atoms with Crippen LogP contribution in [0.5, 0.6) is 0 Å². The standard InChI is InChI=1S/C16H17N3O3S/c20-14(18-10-12-4-3-9-22-12)6-2-8-19-13-5-1-7-17-16(13)23-11-15(19)21/h1,3-5,7,9H,2,6,8,10-11H2,(H,18,20). The summed E-state index contributed by atoms with van der Waals surface area (Å²) in [6.07, 6.45) is 4.27. The van der Waals surface area contributed by atoms with Crippen molar-refractivity contribution < 1.29 is 14.0 Å². The first-order valence-corrected chi connectivity index (χ1v) is 8.40. The first-order chi connectivity index (χ1) is 11.2. The molecule has 2 aromatic rings. The summed E-state index contributed by atoms with van der Waals surface area (Å²) in [4.78, 5) is 29.9. The van der Waals surface area contributed by atoms with Crippen LogP contribution in [0.4, 0.5) is 5.69 Å². The van der Waals surface area contributed by atoms with Gasteiger partial charge in [0.2, 0.25) is 11.8 Å². The minimum absolute atomic E-state index is 0.0494. The SMILES string of the molecule is O=C(CCCN1C(=O)CSc2ncccc21)NCc1ccco1. The minimum atomic E-state index is -0.0494. The maximum Gasteiger partial charge on any atom is 0.237 e. The Kier molecular flexibility index (Phi) is 4.97. The third-order valence-corrected chi connectivity index (χ3v) is 4.48. The van der Waals surface area contributed by atoms with Crippen LogP contribution in [0.15, 0.2) is 46.2 Å². The van der Waals surface area contributed by atoms with E-state index in [0.717, 1.165) is 16.5 Å². The van der Waals surface area contributed by atoms with Crippen LogP contribution in [-0.2, 0) is 16.1 Å². The van der Waals surface area contributed by atoms with E-state index in [4.69, 9.17) is 4.42 Å². The molecule has 1 aliphatic heterocycles. The zero-order chi connectivity index (χ0) is 16.1. The Hall–Kier alpha value is -2.28. The van der Waals surface area contributed by atoms with Crippen molar-refractivity contribution in [2.45, 2.75) is 24.4 Å². The van der Waals surface area contributed by atoms with E-state index in [1.165, 1.54) is 11.8 Å². The zero-order valence-electron chi connectivity index (χ0n) is 12.5. The Morgan fingerprint density at radius 3 is 3.13 bits per heavy atom. The Morgan fingerprint density at radius 1 is 1.39 bits per heavy atom. The number of anilines is 1. The van der Waals surface area contributed by atoms with Crippen LogP contribution in [0, 0.1) is 0 Å². The van der Waals surface area contributed by atoms with E-state index in [0.29, 0.717) is 31.7 Å². The number of amides is 2. The third-order valence-electron chi connectivity index (χ3n) is 3.50. The highest BCUT2D eigenvalue weighted by Gasteiger charge is 2.24. The molecule has 0 fully saturated rings. The highest BCUT2D eigenvalue weighted by molar-refractivity contribution is 8.00. The zero-order valence-corrected chi connectivity index (χ0v) is 13.3. The third kappa shape index (κ3) is 3.92. The van der Waals surface area contributed by atoms with Gasteiger partial charge < -0.3 is 14.6 Å². The van der Waals surface area contributed by atoms with Gasteiger partial charge in [0.15, 0.2) is 0 Å². The van der Waals surface area contributed by atoms with E-state index in [1.54, 1.807) is 23.4 Å². The molecule has 6 nitrogen and oxygen atoms in total. The van der Waals surface area contributed by atoms with Crippen LogP contribution in [-0.4, -0.2) is 29.1 Å². The van der Waals surface area contributed by atoms with Crippen LogP contribution in [0.2, 0.25) is 0 Å². The topological polar surface area (TPSA) is 75.4 Å². The number of fused-ring (bicyclic) bond motifs is 1. The molecule has 23 heavy (non-hydrogen) atoms.